The molecular formula is C8H19N. The SMILES string of the molecule is CC.CC1CCCC1N. The third-order valence-corrected chi connectivity index (χ3v) is 1.93. The summed E-state index contributed by atoms with van der Waals surface area (Å²) >= 11 is 0. The van der Waals surface area contributed by atoms with Crippen LogP contribution in [0.4, 0.5) is 0 Å². The van der Waals surface area contributed by atoms with Gasteiger partial charge in [-0.05, 0) is 18.8 Å². The van der Waals surface area contributed by atoms with Crippen molar-refractivity contribution < 1.29 is 0 Å². The molecule has 1 saturated carbocycles. The summed E-state index contributed by atoms with van der Waals surface area (Å²) in [5.41, 5.74) is 5.68. The van der Waals surface area contributed by atoms with Crippen molar-refractivity contribution in [1.82, 2.24) is 0 Å². The normalized spacial score (nSPS) is 33.3. The molecule has 0 saturated heterocycles. The minimum absolute atomic E-state index is 0.514. The second kappa shape index (κ2) is 4.80. The van der Waals surface area contributed by atoms with E-state index in [1.807, 2.05) is 13.8 Å². The van der Waals surface area contributed by atoms with Crippen LogP contribution in [-0.4, -0.2) is 6.04 Å². The average molecular weight is 129 g/mol. The maximum atomic E-state index is 5.68. The van der Waals surface area contributed by atoms with Gasteiger partial charge in [-0.3, -0.25) is 0 Å². The van der Waals surface area contributed by atoms with Crippen molar-refractivity contribution >= 4 is 0 Å². The number of nitrogens with two attached hydrogens (primary N) is 1. The van der Waals surface area contributed by atoms with E-state index in [-0.39, 0.29) is 0 Å². The fraction of sp³-hybridized carbons (Fsp3) is 1.00. The molecular weight excluding hydrogens is 110 g/mol. The Hall–Kier alpha value is -0.0400. The van der Waals surface area contributed by atoms with E-state index >= 15 is 0 Å². The lowest BCUT2D eigenvalue weighted by atomic mass is 10.1. The molecule has 1 aliphatic carbocycles. The Morgan fingerprint density at radius 2 is 1.78 bits per heavy atom. The van der Waals surface area contributed by atoms with Crippen LogP contribution in [0.1, 0.15) is 40.0 Å². The first-order valence-corrected chi connectivity index (χ1v) is 4.06. The predicted molar refractivity (Wildman–Crippen MR) is 42.3 cm³/mol. The van der Waals surface area contributed by atoms with Gasteiger partial charge in [0.15, 0.2) is 0 Å². The number of hydrogen-bond acceptors (Lipinski definition) is 1. The third-order valence-electron chi connectivity index (χ3n) is 1.93. The van der Waals surface area contributed by atoms with Gasteiger partial charge in [0.05, 0.1) is 0 Å². The van der Waals surface area contributed by atoms with Crippen molar-refractivity contribution in [2.45, 2.75) is 46.1 Å². The third kappa shape index (κ3) is 2.85. The van der Waals surface area contributed by atoms with Gasteiger partial charge in [-0.2, -0.15) is 0 Å². The molecule has 1 heteroatoms. The van der Waals surface area contributed by atoms with Gasteiger partial charge >= 0.3 is 0 Å². The molecule has 0 aromatic carbocycles. The summed E-state index contributed by atoms with van der Waals surface area (Å²) < 4.78 is 0. The average Bonchev–Trinajstić information content (AvgIpc) is 2.23. The first kappa shape index (κ1) is 8.96. The zero-order valence-electron chi connectivity index (χ0n) is 6.85. The highest BCUT2D eigenvalue weighted by Crippen LogP contribution is 2.22. The fourth-order valence-electron chi connectivity index (χ4n) is 1.17. The molecule has 2 atom stereocenters. The van der Waals surface area contributed by atoms with Crippen molar-refractivity contribution in [1.29, 1.82) is 0 Å². The summed E-state index contributed by atoms with van der Waals surface area (Å²) in [6.45, 7) is 6.23. The Bertz CT molecular complexity index is 53.6. The highest BCUT2D eigenvalue weighted by Gasteiger charge is 2.18. The molecule has 1 rings (SSSR count). The fourth-order valence-corrected chi connectivity index (χ4v) is 1.17. The number of rotatable bonds is 0. The van der Waals surface area contributed by atoms with Gasteiger partial charge in [0.25, 0.3) is 0 Å². The second-order valence-corrected chi connectivity index (χ2v) is 2.57. The van der Waals surface area contributed by atoms with E-state index in [0.29, 0.717) is 6.04 Å². The smallest absolute Gasteiger partial charge is 0.00645 e. The molecule has 0 heterocycles. The summed E-state index contributed by atoms with van der Waals surface area (Å²) in [7, 11) is 0. The van der Waals surface area contributed by atoms with Crippen molar-refractivity contribution in [3.05, 3.63) is 0 Å². The lowest BCUT2D eigenvalue weighted by molar-refractivity contribution is 0.527. The maximum absolute atomic E-state index is 5.68. The van der Waals surface area contributed by atoms with Gasteiger partial charge in [-0.25, -0.2) is 0 Å². The minimum Gasteiger partial charge on any atom is -0.327 e. The Kier molecular flexibility index (Phi) is 4.78. The molecule has 1 nitrogen and oxygen atoms in total. The van der Waals surface area contributed by atoms with Gasteiger partial charge in [-0.15, -0.1) is 0 Å². The molecule has 2 N–H and O–H groups in total. The lowest BCUT2D eigenvalue weighted by Crippen LogP contribution is -2.21. The van der Waals surface area contributed by atoms with Crippen LogP contribution >= 0.6 is 0 Å². The number of hydrogen-bond donors (Lipinski definition) is 1. The van der Waals surface area contributed by atoms with Crippen LogP contribution in [0.5, 0.6) is 0 Å². The van der Waals surface area contributed by atoms with Crippen LogP contribution in [-0.2, 0) is 0 Å². The van der Waals surface area contributed by atoms with Gasteiger partial charge in [0, 0.05) is 6.04 Å². The van der Waals surface area contributed by atoms with E-state index < -0.39 is 0 Å². The summed E-state index contributed by atoms with van der Waals surface area (Å²) in [6, 6.07) is 0.514. The summed E-state index contributed by atoms with van der Waals surface area (Å²) in [6.07, 6.45) is 3.95. The lowest BCUT2D eigenvalue weighted by Gasteiger charge is -2.05. The van der Waals surface area contributed by atoms with Crippen molar-refractivity contribution in [2.75, 3.05) is 0 Å². The highest BCUT2D eigenvalue weighted by atomic mass is 14.7. The van der Waals surface area contributed by atoms with Gasteiger partial charge < -0.3 is 5.73 Å². The Morgan fingerprint density at radius 1 is 1.22 bits per heavy atom. The van der Waals surface area contributed by atoms with E-state index in [1.165, 1.54) is 19.3 Å². The van der Waals surface area contributed by atoms with Crippen LogP contribution in [0.2, 0.25) is 0 Å². The standard InChI is InChI=1S/C6H13N.C2H6/c1-5-3-2-4-6(5)7;1-2/h5-6H,2-4,7H2,1H3;1-2H3. The summed E-state index contributed by atoms with van der Waals surface area (Å²) in [5.74, 6) is 0.792. The van der Waals surface area contributed by atoms with Crippen molar-refractivity contribution in [2.24, 2.45) is 11.7 Å². The van der Waals surface area contributed by atoms with Crippen LogP contribution in [0.3, 0.4) is 0 Å². The first-order chi connectivity index (χ1) is 4.30. The largest absolute Gasteiger partial charge is 0.327 e. The van der Waals surface area contributed by atoms with Crippen LogP contribution in [0, 0.1) is 5.92 Å². The molecule has 9 heavy (non-hydrogen) atoms. The molecule has 1 fully saturated rings. The van der Waals surface area contributed by atoms with E-state index in [4.69, 9.17) is 5.73 Å². The molecule has 0 aromatic rings. The molecule has 1 aliphatic rings. The maximum Gasteiger partial charge on any atom is 0.00645 e. The highest BCUT2D eigenvalue weighted by molar-refractivity contribution is 4.75. The Balaban J connectivity index is 0.000000291. The van der Waals surface area contributed by atoms with Gasteiger partial charge in [0.2, 0.25) is 0 Å². The minimum atomic E-state index is 0.514. The van der Waals surface area contributed by atoms with E-state index in [2.05, 4.69) is 6.92 Å². The van der Waals surface area contributed by atoms with Crippen molar-refractivity contribution in [3.8, 4) is 0 Å². The topological polar surface area (TPSA) is 26.0 Å². The quantitative estimate of drug-likeness (QED) is 0.533. The molecule has 0 radical (unpaired) electrons. The zero-order chi connectivity index (χ0) is 7.28. The van der Waals surface area contributed by atoms with Gasteiger partial charge in [-0.1, -0.05) is 27.2 Å². The zero-order valence-corrected chi connectivity index (χ0v) is 6.85. The molecule has 2 unspecified atom stereocenters. The Morgan fingerprint density at radius 3 is 1.89 bits per heavy atom. The summed E-state index contributed by atoms with van der Waals surface area (Å²) in [5, 5.41) is 0. The van der Waals surface area contributed by atoms with Crippen LogP contribution in [0.25, 0.3) is 0 Å². The molecule has 0 spiro atoms. The van der Waals surface area contributed by atoms with E-state index in [9.17, 15) is 0 Å². The molecule has 0 bridgehead atoms. The van der Waals surface area contributed by atoms with Crippen LogP contribution in [0.15, 0.2) is 0 Å². The van der Waals surface area contributed by atoms with E-state index in [1.54, 1.807) is 0 Å². The van der Waals surface area contributed by atoms with Crippen LogP contribution < -0.4 is 5.73 Å². The first-order valence-electron chi connectivity index (χ1n) is 4.06. The monoisotopic (exact) mass is 129 g/mol. The van der Waals surface area contributed by atoms with E-state index in [0.717, 1.165) is 5.92 Å². The molecule has 0 aromatic heterocycles. The van der Waals surface area contributed by atoms with Gasteiger partial charge in [0.1, 0.15) is 0 Å². The Labute approximate surface area is 58.6 Å². The molecule has 0 aliphatic heterocycles. The molecule has 0 amide bonds. The predicted octanol–water partition coefficient (Wildman–Crippen LogP) is 2.16. The molecule has 56 valence electrons. The second-order valence-electron chi connectivity index (χ2n) is 2.57. The van der Waals surface area contributed by atoms with Crippen molar-refractivity contribution in [3.63, 3.8) is 0 Å². The summed E-state index contributed by atoms with van der Waals surface area (Å²) in [4.78, 5) is 0.